The molecule has 4 nitrogen and oxygen atoms in total. The molecule has 0 aliphatic carbocycles. The summed E-state index contributed by atoms with van der Waals surface area (Å²) >= 11 is 0. The molecule has 2 aromatic rings. The van der Waals surface area contributed by atoms with Gasteiger partial charge < -0.3 is 4.52 Å². The van der Waals surface area contributed by atoms with E-state index in [1.165, 1.54) is 0 Å². The van der Waals surface area contributed by atoms with E-state index < -0.39 is 21.5 Å². The van der Waals surface area contributed by atoms with Gasteiger partial charge in [-0.3, -0.25) is 0 Å². The van der Waals surface area contributed by atoms with Crippen molar-refractivity contribution in [1.82, 2.24) is 5.16 Å². The second-order valence-corrected chi connectivity index (χ2v) is 6.13. The molecule has 0 unspecified atom stereocenters. The van der Waals surface area contributed by atoms with Gasteiger partial charge in [-0.2, -0.15) is 0 Å². The van der Waals surface area contributed by atoms with Gasteiger partial charge in [0.15, 0.2) is 21.5 Å². The minimum absolute atomic E-state index is 0.272. The first-order chi connectivity index (χ1) is 8.81. The van der Waals surface area contributed by atoms with Crippen LogP contribution in [0.25, 0.3) is 0 Å². The molecular formula is C12H11F2NO3S. The lowest BCUT2D eigenvalue weighted by atomic mass is 10.2. The van der Waals surface area contributed by atoms with Crippen molar-refractivity contribution < 1.29 is 21.7 Å². The summed E-state index contributed by atoms with van der Waals surface area (Å²) in [5, 5.41) is 3.65. The van der Waals surface area contributed by atoms with Crippen LogP contribution in [0.15, 0.2) is 27.6 Å². The lowest BCUT2D eigenvalue weighted by molar-refractivity contribution is 0.392. The number of aromatic nitrogens is 1. The molecule has 19 heavy (non-hydrogen) atoms. The molecule has 0 N–H and O–H groups in total. The average Bonchev–Trinajstić information content (AvgIpc) is 2.64. The molecule has 1 heterocycles. The van der Waals surface area contributed by atoms with Gasteiger partial charge in [0.1, 0.15) is 5.76 Å². The maximum atomic E-state index is 13.1. The fraction of sp³-hybridized carbons (Fsp3) is 0.250. The topological polar surface area (TPSA) is 60.2 Å². The van der Waals surface area contributed by atoms with Gasteiger partial charge in [0.2, 0.25) is 0 Å². The van der Waals surface area contributed by atoms with Crippen molar-refractivity contribution in [1.29, 1.82) is 0 Å². The van der Waals surface area contributed by atoms with Crippen LogP contribution in [0.1, 0.15) is 17.0 Å². The first kappa shape index (κ1) is 13.7. The Bertz CT molecular complexity index is 703. The van der Waals surface area contributed by atoms with Gasteiger partial charge in [0.05, 0.1) is 16.3 Å². The Morgan fingerprint density at radius 1 is 1.21 bits per heavy atom. The summed E-state index contributed by atoms with van der Waals surface area (Å²) in [7, 11) is -3.77. The third kappa shape index (κ3) is 2.65. The predicted molar refractivity (Wildman–Crippen MR) is 63.2 cm³/mol. The summed E-state index contributed by atoms with van der Waals surface area (Å²) in [5.74, 6) is -2.25. The van der Waals surface area contributed by atoms with Crippen molar-refractivity contribution in [2.45, 2.75) is 24.5 Å². The van der Waals surface area contributed by atoms with Crippen molar-refractivity contribution in [2.24, 2.45) is 0 Å². The Morgan fingerprint density at radius 2 is 1.89 bits per heavy atom. The summed E-state index contributed by atoms with van der Waals surface area (Å²) in [5.41, 5.74) is 0.897. The Balaban J connectivity index is 2.41. The van der Waals surface area contributed by atoms with Crippen LogP contribution in [0.5, 0.6) is 0 Å². The Labute approximate surface area is 109 Å². The van der Waals surface area contributed by atoms with Gasteiger partial charge in [-0.05, 0) is 32.0 Å². The van der Waals surface area contributed by atoms with Crippen LogP contribution in [0.4, 0.5) is 8.78 Å². The van der Waals surface area contributed by atoms with Crippen molar-refractivity contribution in [3.05, 3.63) is 46.9 Å². The van der Waals surface area contributed by atoms with Gasteiger partial charge in [0, 0.05) is 5.56 Å². The SMILES string of the molecule is Cc1noc(C)c1CS(=O)(=O)c1ccc(F)c(F)c1. The average molecular weight is 287 g/mol. The third-order valence-corrected chi connectivity index (χ3v) is 4.41. The van der Waals surface area contributed by atoms with Crippen molar-refractivity contribution in [3.8, 4) is 0 Å². The standard InChI is InChI=1S/C12H11F2NO3S/c1-7-10(8(2)18-15-7)6-19(16,17)9-3-4-11(13)12(14)5-9/h3-5H,6H2,1-2H3. The number of rotatable bonds is 3. The lowest BCUT2D eigenvalue weighted by Crippen LogP contribution is -2.07. The van der Waals surface area contributed by atoms with Crippen LogP contribution in [-0.2, 0) is 15.6 Å². The number of benzene rings is 1. The van der Waals surface area contributed by atoms with E-state index in [0.717, 1.165) is 12.1 Å². The highest BCUT2D eigenvalue weighted by atomic mass is 32.2. The summed E-state index contributed by atoms with van der Waals surface area (Å²) in [4.78, 5) is -0.272. The van der Waals surface area contributed by atoms with Crippen LogP contribution in [0.2, 0.25) is 0 Å². The van der Waals surface area contributed by atoms with Crippen LogP contribution in [0, 0.1) is 25.5 Å². The van der Waals surface area contributed by atoms with Gasteiger partial charge in [-0.25, -0.2) is 17.2 Å². The molecule has 1 aromatic carbocycles. The zero-order valence-corrected chi connectivity index (χ0v) is 11.1. The van der Waals surface area contributed by atoms with Gasteiger partial charge in [-0.1, -0.05) is 5.16 Å². The molecule has 0 spiro atoms. The molecule has 0 fully saturated rings. The highest BCUT2D eigenvalue weighted by Gasteiger charge is 2.21. The molecule has 2 rings (SSSR count). The molecule has 0 radical (unpaired) electrons. The fourth-order valence-electron chi connectivity index (χ4n) is 1.65. The molecule has 0 amide bonds. The summed E-state index contributed by atoms with van der Waals surface area (Å²) < 4.78 is 55.0. The molecule has 0 saturated heterocycles. The van der Waals surface area contributed by atoms with Crippen molar-refractivity contribution >= 4 is 9.84 Å². The van der Waals surface area contributed by atoms with Crippen LogP contribution in [-0.4, -0.2) is 13.6 Å². The third-order valence-electron chi connectivity index (χ3n) is 2.77. The number of halogens is 2. The van der Waals surface area contributed by atoms with Crippen molar-refractivity contribution in [2.75, 3.05) is 0 Å². The quantitative estimate of drug-likeness (QED) is 0.814. The number of aryl methyl sites for hydroxylation is 2. The van der Waals surface area contributed by atoms with E-state index in [0.29, 0.717) is 23.1 Å². The molecule has 1 aromatic heterocycles. The van der Waals surface area contributed by atoms with Gasteiger partial charge >= 0.3 is 0 Å². The number of hydrogen-bond donors (Lipinski definition) is 0. The van der Waals surface area contributed by atoms with E-state index in [1.807, 2.05) is 0 Å². The fourth-order valence-corrected chi connectivity index (χ4v) is 3.17. The minimum atomic E-state index is -3.77. The highest BCUT2D eigenvalue weighted by molar-refractivity contribution is 7.90. The minimum Gasteiger partial charge on any atom is -0.361 e. The second kappa shape index (κ2) is 4.73. The Morgan fingerprint density at radius 3 is 2.42 bits per heavy atom. The molecule has 0 atom stereocenters. The van der Waals surface area contributed by atoms with Crippen LogP contribution in [0.3, 0.4) is 0 Å². The Kier molecular flexibility index (Phi) is 3.40. The van der Waals surface area contributed by atoms with Gasteiger partial charge in [0.25, 0.3) is 0 Å². The van der Waals surface area contributed by atoms with Gasteiger partial charge in [-0.15, -0.1) is 0 Å². The predicted octanol–water partition coefficient (Wildman–Crippen LogP) is 2.54. The molecular weight excluding hydrogens is 276 g/mol. The summed E-state index contributed by atoms with van der Waals surface area (Å²) in [6.45, 7) is 3.21. The monoisotopic (exact) mass is 287 g/mol. The normalized spacial score (nSPS) is 11.8. The highest BCUT2D eigenvalue weighted by Crippen LogP contribution is 2.22. The van der Waals surface area contributed by atoms with Crippen molar-refractivity contribution in [3.63, 3.8) is 0 Å². The first-order valence-corrected chi connectivity index (χ1v) is 7.06. The van der Waals surface area contributed by atoms with E-state index in [1.54, 1.807) is 13.8 Å². The largest absolute Gasteiger partial charge is 0.361 e. The van der Waals surface area contributed by atoms with E-state index in [2.05, 4.69) is 5.16 Å². The maximum absolute atomic E-state index is 13.1. The van der Waals surface area contributed by atoms with E-state index in [4.69, 9.17) is 4.52 Å². The molecule has 0 saturated carbocycles. The summed E-state index contributed by atoms with van der Waals surface area (Å²) in [6, 6.07) is 2.49. The molecule has 0 aliphatic rings. The molecule has 0 bridgehead atoms. The molecule has 102 valence electrons. The zero-order valence-electron chi connectivity index (χ0n) is 10.3. The van der Waals surface area contributed by atoms with Crippen LogP contribution >= 0.6 is 0 Å². The number of sulfone groups is 1. The Hall–Kier alpha value is -1.76. The van der Waals surface area contributed by atoms with E-state index >= 15 is 0 Å². The first-order valence-electron chi connectivity index (χ1n) is 5.41. The van der Waals surface area contributed by atoms with E-state index in [9.17, 15) is 17.2 Å². The molecule has 7 heteroatoms. The van der Waals surface area contributed by atoms with E-state index in [-0.39, 0.29) is 10.6 Å². The molecule has 0 aliphatic heterocycles. The maximum Gasteiger partial charge on any atom is 0.182 e. The smallest absolute Gasteiger partial charge is 0.182 e. The lowest BCUT2D eigenvalue weighted by Gasteiger charge is -2.04. The summed E-state index contributed by atoms with van der Waals surface area (Å²) in [6.07, 6.45) is 0. The number of hydrogen-bond acceptors (Lipinski definition) is 4. The second-order valence-electron chi connectivity index (χ2n) is 4.14. The number of nitrogens with zero attached hydrogens (tertiary/aromatic N) is 1. The van der Waals surface area contributed by atoms with Crippen LogP contribution < -0.4 is 0 Å². The zero-order chi connectivity index (χ0) is 14.2.